The van der Waals surface area contributed by atoms with E-state index in [-0.39, 0.29) is 11.6 Å². The number of methoxy groups -OCH3 is 1. The molecule has 3 rings (SSSR count). The highest BCUT2D eigenvalue weighted by molar-refractivity contribution is 7.99. The van der Waals surface area contributed by atoms with E-state index in [1.165, 1.54) is 24.9 Å². The highest BCUT2D eigenvalue weighted by Crippen LogP contribution is 2.28. The van der Waals surface area contributed by atoms with Crippen molar-refractivity contribution in [2.24, 2.45) is 7.05 Å². The fourth-order valence-corrected chi connectivity index (χ4v) is 3.10. The quantitative estimate of drug-likeness (QED) is 0.449. The fraction of sp³-hybridized carbons (Fsp3) is 0.211. The molecule has 0 atom stereocenters. The summed E-state index contributed by atoms with van der Waals surface area (Å²) < 4.78 is 6.44. The second kappa shape index (κ2) is 9.20. The Morgan fingerprint density at radius 3 is 2.55 bits per heavy atom. The first-order valence-electron chi connectivity index (χ1n) is 8.78. The van der Waals surface area contributed by atoms with Crippen molar-refractivity contribution in [2.75, 3.05) is 17.7 Å². The lowest BCUT2D eigenvalue weighted by Gasteiger charge is -2.09. The zero-order chi connectivity index (χ0) is 20.8. The average molecular weight is 412 g/mol. The molecule has 0 unspecified atom stereocenters. The Morgan fingerprint density at radius 1 is 1.17 bits per heavy atom. The molecule has 1 aromatic carbocycles. The number of esters is 1. The van der Waals surface area contributed by atoms with Crippen molar-refractivity contribution in [1.29, 1.82) is 0 Å². The molecule has 0 fully saturated rings. The molecule has 10 heteroatoms. The molecule has 0 aliphatic rings. The van der Waals surface area contributed by atoms with Crippen LogP contribution in [0.3, 0.4) is 0 Å². The molecule has 150 valence electrons. The smallest absolute Gasteiger partial charge is 0.356 e. The molecule has 0 saturated heterocycles. The van der Waals surface area contributed by atoms with Gasteiger partial charge in [0.2, 0.25) is 5.91 Å². The predicted molar refractivity (Wildman–Crippen MR) is 109 cm³/mol. The number of aryl methyl sites for hydroxylation is 1. The van der Waals surface area contributed by atoms with Crippen molar-refractivity contribution in [3.8, 4) is 0 Å². The Balaban J connectivity index is 1.83. The largest absolute Gasteiger partial charge is 0.464 e. The summed E-state index contributed by atoms with van der Waals surface area (Å²) in [5.74, 6) is 0.551. The monoisotopic (exact) mass is 412 g/mol. The third kappa shape index (κ3) is 5.32. The van der Waals surface area contributed by atoms with Crippen LogP contribution < -0.4 is 10.6 Å². The molecular weight excluding hydrogens is 392 g/mol. The Hall–Kier alpha value is -3.40. The highest BCUT2D eigenvalue weighted by Gasteiger charge is 2.14. The van der Waals surface area contributed by atoms with Crippen LogP contribution in [-0.4, -0.2) is 38.7 Å². The number of hydrogen-bond donors (Lipinski definition) is 2. The first-order chi connectivity index (χ1) is 14.0. The Morgan fingerprint density at radius 2 is 1.93 bits per heavy atom. The summed E-state index contributed by atoms with van der Waals surface area (Å²) in [6.45, 7) is 1.79. The van der Waals surface area contributed by atoms with Crippen LogP contribution in [0.4, 0.5) is 17.3 Å². The lowest BCUT2D eigenvalue weighted by Crippen LogP contribution is -2.09. The third-order valence-electron chi connectivity index (χ3n) is 3.85. The van der Waals surface area contributed by atoms with Crippen molar-refractivity contribution >= 4 is 41.0 Å². The number of nitrogens with zero attached hydrogens (tertiary/aromatic N) is 4. The minimum Gasteiger partial charge on any atom is -0.464 e. The number of amides is 1. The van der Waals surface area contributed by atoms with E-state index in [1.807, 2.05) is 12.1 Å². The van der Waals surface area contributed by atoms with E-state index in [0.29, 0.717) is 28.9 Å². The van der Waals surface area contributed by atoms with Gasteiger partial charge in [0.1, 0.15) is 11.6 Å². The van der Waals surface area contributed by atoms with Gasteiger partial charge in [-0.05, 0) is 36.0 Å². The van der Waals surface area contributed by atoms with Gasteiger partial charge in [0.15, 0.2) is 10.9 Å². The van der Waals surface area contributed by atoms with Crippen LogP contribution in [0.1, 0.15) is 23.8 Å². The molecule has 0 aliphatic carbocycles. The van der Waals surface area contributed by atoms with Crippen LogP contribution in [0.5, 0.6) is 0 Å². The Bertz CT molecular complexity index is 1020. The van der Waals surface area contributed by atoms with Crippen molar-refractivity contribution in [3.63, 3.8) is 0 Å². The molecule has 3 aromatic rings. The molecule has 0 bridgehead atoms. The fourth-order valence-electron chi connectivity index (χ4n) is 2.33. The summed E-state index contributed by atoms with van der Waals surface area (Å²) in [5.41, 5.74) is 0.852. The van der Waals surface area contributed by atoms with E-state index >= 15 is 0 Å². The molecule has 9 nitrogen and oxygen atoms in total. The van der Waals surface area contributed by atoms with E-state index in [2.05, 4.69) is 25.7 Å². The number of carbonyl (C=O) groups excluding carboxylic acids is 2. The average Bonchev–Trinajstić information content (AvgIpc) is 3.13. The molecule has 29 heavy (non-hydrogen) atoms. The van der Waals surface area contributed by atoms with Crippen molar-refractivity contribution in [2.45, 2.75) is 23.4 Å². The van der Waals surface area contributed by atoms with Gasteiger partial charge in [-0.3, -0.25) is 9.48 Å². The maximum Gasteiger partial charge on any atom is 0.356 e. The van der Waals surface area contributed by atoms with E-state index in [1.54, 1.807) is 43.0 Å². The topological polar surface area (TPSA) is 111 Å². The summed E-state index contributed by atoms with van der Waals surface area (Å²) in [4.78, 5) is 33.1. The van der Waals surface area contributed by atoms with Crippen LogP contribution in [-0.2, 0) is 16.6 Å². The third-order valence-corrected chi connectivity index (χ3v) is 4.72. The number of nitrogens with one attached hydrogen (secondary N) is 2. The zero-order valence-corrected chi connectivity index (χ0v) is 17.0. The zero-order valence-electron chi connectivity index (χ0n) is 16.2. The summed E-state index contributed by atoms with van der Waals surface area (Å²) >= 11 is 1.29. The molecule has 2 aromatic heterocycles. The van der Waals surface area contributed by atoms with Crippen LogP contribution in [0, 0.1) is 0 Å². The second-order valence-electron chi connectivity index (χ2n) is 5.91. The first kappa shape index (κ1) is 20.3. The molecule has 0 radical (unpaired) electrons. The van der Waals surface area contributed by atoms with E-state index in [0.717, 1.165) is 4.90 Å². The van der Waals surface area contributed by atoms with Gasteiger partial charge in [-0.25, -0.2) is 14.8 Å². The Kier molecular flexibility index (Phi) is 6.45. The molecule has 0 saturated carbocycles. The maximum absolute atomic E-state index is 12.0. The van der Waals surface area contributed by atoms with E-state index in [4.69, 9.17) is 4.74 Å². The number of carbonyl (C=O) groups is 2. The summed E-state index contributed by atoms with van der Waals surface area (Å²) in [6.07, 6.45) is 2.07. The number of ether oxygens (including phenoxy) is 1. The normalized spacial score (nSPS) is 10.4. The van der Waals surface area contributed by atoms with Gasteiger partial charge >= 0.3 is 5.97 Å². The Labute approximate surface area is 171 Å². The van der Waals surface area contributed by atoms with E-state index in [9.17, 15) is 9.59 Å². The van der Waals surface area contributed by atoms with Gasteiger partial charge in [0.05, 0.1) is 13.3 Å². The molecule has 2 N–H and O–H groups in total. The molecule has 0 aliphatic heterocycles. The highest BCUT2D eigenvalue weighted by atomic mass is 32.2. The minimum absolute atomic E-state index is 0.0506. The number of anilines is 3. The number of benzene rings is 1. The minimum atomic E-state index is -0.556. The summed E-state index contributed by atoms with van der Waals surface area (Å²) in [5, 5.41) is 10.4. The molecule has 2 heterocycles. The van der Waals surface area contributed by atoms with Gasteiger partial charge in [-0.15, -0.1) is 0 Å². The SMILES string of the molecule is CCC(=O)Nc1ccc(Sc2nc(Nc3ccnn3C)cc(C(=O)OC)n2)cc1. The van der Waals surface area contributed by atoms with Gasteiger partial charge in [-0.1, -0.05) is 6.92 Å². The number of aromatic nitrogens is 4. The van der Waals surface area contributed by atoms with Gasteiger partial charge < -0.3 is 15.4 Å². The van der Waals surface area contributed by atoms with Crippen LogP contribution in [0.15, 0.2) is 52.6 Å². The van der Waals surface area contributed by atoms with Crippen molar-refractivity contribution in [3.05, 3.63) is 48.3 Å². The number of rotatable bonds is 7. The van der Waals surface area contributed by atoms with Crippen molar-refractivity contribution < 1.29 is 14.3 Å². The van der Waals surface area contributed by atoms with Crippen LogP contribution >= 0.6 is 11.8 Å². The summed E-state index contributed by atoms with van der Waals surface area (Å²) in [6, 6.07) is 10.6. The van der Waals surface area contributed by atoms with Gasteiger partial charge in [-0.2, -0.15) is 5.10 Å². The standard InChI is InChI=1S/C19H20N6O3S/c1-4-17(26)21-12-5-7-13(8-6-12)29-19-22-14(18(27)28-3)11-15(24-19)23-16-9-10-20-25(16)2/h5-11H,4H2,1-3H3,(H,21,26)(H,22,23,24). The molecular formula is C19H20N6O3S. The lowest BCUT2D eigenvalue weighted by atomic mass is 10.3. The van der Waals surface area contributed by atoms with E-state index < -0.39 is 5.97 Å². The predicted octanol–water partition coefficient (Wildman–Crippen LogP) is 3.24. The van der Waals surface area contributed by atoms with Crippen LogP contribution in [0.2, 0.25) is 0 Å². The first-order valence-corrected chi connectivity index (χ1v) is 9.60. The maximum atomic E-state index is 12.0. The number of hydrogen-bond acceptors (Lipinski definition) is 8. The van der Waals surface area contributed by atoms with Gasteiger partial charge in [0.25, 0.3) is 0 Å². The second-order valence-corrected chi connectivity index (χ2v) is 6.95. The lowest BCUT2D eigenvalue weighted by molar-refractivity contribution is -0.115. The van der Waals surface area contributed by atoms with Crippen molar-refractivity contribution in [1.82, 2.24) is 19.7 Å². The van der Waals surface area contributed by atoms with Crippen LogP contribution in [0.25, 0.3) is 0 Å². The molecule has 1 amide bonds. The van der Waals surface area contributed by atoms with Gasteiger partial charge in [0, 0.05) is 36.2 Å². The summed E-state index contributed by atoms with van der Waals surface area (Å²) in [7, 11) is 3.09. The molecule has 0 spiro atoms.